The molecule has 0 fully saturated rings. The summed E-state index contributed by atoms with van der Waals surface area (Å²) < 4.78 is 14.0. The molecule has 0 aliphatic rings. The second kappa shape index (κ2) is 3.88. The summed E-state index contributed by atoms with van der Waals surface area (Å²) in [6, 6.07) is 5.61. The Morgan fingerprint density at radius 2 is 2.27 bits per heavy atom. The predicted octanol–water partition coefficient (Wildman–Crippen LogP) is 2.15. The number of nitrogens with two attached hydrogens (primary N) is 1. The van der Waals surface area contributed by atoms with E-state index >= 15 is 0 Å². The number of hydrogen-bond acceptors (Lipinski definition) is 2. The summed E-state index contributed by atoms with van der Waals surface area (Å²) in [6.07, 6.45) is 0.833. The topological polar surface area (TPSA) is 43.8 Å². The maximum absolute atomic E-state index is 12.3. The smallest absolute Gasteiger partial charge is 0.109 e. The molecule has 0 saturated carbocycles. The predicted molar refractivity (Wildman–Crippen MR) is 59.5 cm³/mol. The fourth-order valence-electron chi connectivity index (χ4n) is 1.77. The van der Waals surface area contributed by atoms with Crippen LogP contribution in [0.4, 0.5) is 10.1 Å². The third-order valence-electron chi connectivity index (χ3n) is 2.48. The molecule has 0 radical (unpaired) electrons. The molecule has 1 aromatic heterocycles. The van der Waals surface area contributed by atoms with E-state index in [2.05, 4.69) is 5.10 Å². The number of nitrogens with zero attached hydrogens (tertiary/aromatic N) is 2. The Kier molecular flexibility index (Phi) is 2.58. The summed E-state index contributed by atoms with van der Waals surface area (Å²) in [4.78, 5) is 0. The number of anilines is 1. The van der Waals surface area contributed by atoms with Crippen LogP contribution in [0.3, 0.4) is 0 Å². The number of aryl methyl sites for hydroxylation is 2. The molecule has 80 valence electrons. The van der Waals surface area contributed by atoms with E-state index in [-0.39, 0.29) is 0 Å². The number of fused-ring (bicyclic) bond motifs is 1. The molecule has 1 aromatic carbocycles. The van der Waals surface area contributed by atoms with Gasteiger partial charge >= 0.3 is 0 Å². The van der Waals surface area contributed by atoms with Crippen molar-refractivity contribution in [2.24, 2.45) is 0 Å². The van der Waals surface area contributed by atoms with Crippen molar-refractivity contribution < 1.29 is 4.39 Å². The molecule has 4 heteroatoms. The van der Waals surface area contributed by atoms with Gasteiger partial charge in [0.1, 0.15) is 6.67 Å². The van der Waals surface area contributed by atoms with E-state index in [1.807, 2.05) is 25.1 Å². The maximum Gasteiger partial charge on any atom is 0.109 e. The monoisotopic (exact) mass is 207 g/mol. The molecule has 2 aromatic rings. The Hall–Kier alpha value is -1.58. The Balaban J connectivity index is 2.64. The molecule has 0 unspecified atom stereocenters. The Morgan fingerprint density at radius 3 is 2.93 bits per heavy atom. The lowest BCUT2D eigenvalue weighted by Crippen LogP contribution is -2.01. The number of nitrogen functional groups attached to an aromatic ring is 1. The van der Waals surface area contributed by atoms with Crippen molar-refractivity contribution in [2.45, 2.75) is 19.9 Å². The van der Waals surface area contributed by atoms with Gasteiger partial charge in [-0.1, -0.05) is 6.92 Å². The standard InChI is InChI=1S/C11H14FN3/c1-2-10-9-7-8(13)3-4-11(9)15(14-10)6-5-12/h3-4,7H,2,5-6,13H2,1H3. The van der Waals surface area contributed by atoms with Gasteiger partial charge < -0.3 is 5.73 Å². The van der Waals surface area contributed by atoms with Crippen molar-refractivity contribution in [3.05, 3.63) is 23.9 Å². The van der Waals surface area contributed by atoms with E-state index in [9.17, 15) is 4.39 Å². The molecule has 15 heavy (non-hydrogen) atoms. The van der Waals surface area contributed by atoms with Crippen LogP contribution in [0.25, 0.3) is 10.9 Å². The fraction of sp³-hybridized carbons (Fsp3) is 0.364. The first-order valence-corrected chi connectivity index (χ1v) is 5.07. The fourth-order valence-corrected chi connectivity index (χ4v) is 1.77. The van der Waals surface area contributed by atoms with Crippen molar-refractivity contribution in [1.29, 1.82) is 0 Å². The van der Waals surface area contributed by atoms with E-state index < -0.39 is 6.67 Å². The lowest BCUT2D eigenvalue weighted by Gasteiger charge is -1.99. The van der Waals surface area contributed by atoms with Gasteiger partial charge in [0.05, 0.1) is 17.8 Å². The SMILES string of the molecule is CCc1nn(CCF)c2ccc(N)cc12. The van der Waals surface area contributed by atoms with Crippen LogP contribution in [0.1, 0.15) is 12.6 Å². The van der Waals surface area contributed by atoms with Gasteiger partial charge in [0, 0.05) is 11.1 Å². The molecule has 0 aliphatic carbocycles. The van der Waals surface area contributed by atoms with Crippen LogP contribution in [0.5, 0.6) is 0 Å². The van der Waals surface area contributed by atoms with Crippen molar-refractivity contribution >= 4 is 16.6 Å². The van der Waals surface area contributed by atoms with E-state index in [0.29, 0.717) is 6.54 Å². The molecule has 0 aliphatic heterocycles. The number of hydrogen-bond donors (Lipinski definition) is 1. The third-order valence-corrected chi connectivity index (χ3v) is 2.48. The third kappa shape index (κ3) is 1.67. The van der Waals surface area contributed by atoms with Gasteiger partial charge in [-0.2, -0.15) is 5.10 Å². The highest BCUT2D eigenvalue weighted by Crippen LogP contribution is 2.21. The Morgan fingerprint density at radius 1 is 1.47 bits per heavy atom. The van der Waals surface area contributed by atoms with Gasteiger partial charge in [-0.3, -0.25) is 4.68 Å². The molecule has 0 saturated heterocycles. The Bertz CT molecular complexity index is 476. The maximum atomic E-state index is 12.3. The van der Waals surface area contributed by atoms with Gasteiger partial charge in [-0.25, -0.2) is 4.39 Å². The molecule has 0 bridgehead atoms. The average Bonchev–Trinajstić information content (AvgIpc) is 2.56. The number of aromatic nitrogens is 2. The number of halogens is 1. The zero-order valence-corrected chi connectivity index (χ0v) is 8.70. The summed E-state index contributed by atoms with van der Waals surface area (Å²) in [5, 5.41) is 5.39. The normalized spacial score (nSPS) is 11.1. The number of alkyl halides is 1. The van der Waals surface area contributed by atoms with E-state index in [1.165, 1.54) is 0 Å². The largest absolute Gasteiger partial charge is 0.399 e. The molecule has 0 atom stereocenters. The molecule has 0 amide bonds. The van der Waals surface area contributed by atoms with Crippen molar-refractivity contribution in [1.82, 2.24) is 9.78 Å². The molecule has 3 nitrogen and oxygen atoms in total. The zero-order valence-electron chi connectivity index (χ0n) is 8.70. The summed E-state index contributed by atoms with van der Waals surface area (Å²) >= 11 is 0. The highest BCUT2D eigenvalue weighted by molar-refractivity contribution is 5.85. The van der Waals surface area contributed by atoms with Crippen LogP contribution in [0, 0.1) is 0 Å². The van der Waals surface area contributed by atoms with Crippen LogP contribution in [0.2, 0.25) is 0 Å². The average molecular weight is 207 g/mol. The highest BCUT2D eigenvalue weighted by atomic mass is 19.1. The second-order valence-corrected chi connectivity index (χ2v) is 3.49. The molecule has 0 spiro atoms. The summed E-state index contributed by atoms with van der Waals surface area (Å²) in [5.41, 5.74) is 8.37. The first kappa shape index (κ1) is 9.96. The Labute approximate surface area is 87.7 Å². The van der Waals surface area contributed by atoms with Crippen molar-refractivity contribution in [3.8, 4) is 0 Å². The lowest BCUT2D eigenvalue weighted by molar-refractivity contribution is 0.432. The molecule has 2 N–H and O–H groups in total. The second-order valence-electron chi connectivity index (χ2n) is 3.49. The van der Waals surface area contributed by atoms with Gasteiger partial charge in [0.25, 0.3) is 0 Å². The first-order valence-electron chi connectivity index (χ1n) is 5.07. The molecular weight excluding hydrogens is 193 g/mol. The summed E-state index contributed by atoms with van der Waals surface area (Å²) in [7, 11) is 0. The van der Waals surface area contributed by atoms with Crippen LogP contribution >= 0.6 is 0 Å². The first-order chi connectivity index (χ1) is 7.26. The molecule has 2 rings (SSSR count). The van der Waals surface area contributed by atoms with E-state index in [4.69, 9.17) is 5.73 Å². The van der Waals surface area contributed by atoms with Crippen LogP contribution in [-0.4, -0.2) is 16.5 Å². The van der Waals surface area contributed by atoms with Crippen LogP contribution in [0.15, 0.2) is 18.2 Å². The minimum atomic E-state index is -0.399. The quantitative estimate of drug-likeness (QED) is 0.784. The summed E-state index contributed by atoms with van der Waals surface area (Å²) in [5.74, 6) is 0. The van der Waals surface area contributed by atoms with Crippen molar-refractivity contribution in [2.75, 3.05) is 12.4 Å². The lowest BCUT2D eigenvalue weighted by atomic mass is 10.1. The van der Waals surface area contributed by atoms with Crippen LogP contribution in [-0.2, 0) is 13.0 Å². The van der Waals surface area contributed by atoms with Gasteiger partial charge in [0.2, 0.25) is 0 Å². The minimum Gasteiger partial charge on any atom is -0.399 e. The highest BCUT2D eigenvalue weighted by Gasteiger charge is 2.08. The number of benzene rings is 1. The van der Waals surface area contributed by atoms with E-state index in [1.54, 1.807) is 4.68 Å². The molecule has 1 heterocycles. The van der Waals surface area contributed by atoms with Gasteiger partial charge in [-0.15, -0.1) is 0 Å². The van der Waals surface area contributed by atoms with Gasteiger partial charge in [0.15, 0.2) is 0 Å². The minimum absolute atomic E-state index is 0.306. The number of rotatable bonds is 3. The van der Waals surface area contributed by atoms with Crippen LogP contribution < -0.4 is 5.73 Å². The molecular formula is C11H14FN3. The van der Waals surface area contributed by atoms with E-state index in [0.717, 1.165) is 28.7 Å². The zero-order chi connectivity index (χ0) is 10.8. The van der Waals surface area contributed by atoms with Crippen molar-refractivity contribution in [3.63, 3.8) is 0 Å². The summed E-state index contributed by atoms with van der Waals surface area (Å²) in [6.45, 7) is 1.94. The van der Waals surface area contributed by atoms with Gasteiger partial charge in [-0.05, 0) is 24.6 Å².